The first-order chi connectivity index (χ1) is 12.2. The van der Waals surface area contributed by atoms with Crippen molar-refractivity contribution in [3.63, 3.8) is 0 Å². The summed E-state index contributed by atoms with van der Waals surface area (Å²) in [4.78, 5) is 25.0. The van der Waals surface area contributed by atoms with Gasteiger partial charge in [-0.25, -0.2) is 0 Å². The maximum atomic E-state index is 13.3. The molecule has 1 fully saturated rings. The fourth-order valence-electron chi connectivity index (χ4n) is 3.09. The third-order valence-corrected chi connectivity index (χ3v) is 4.63. The summed E-state index contributed by atoms with van der Waals surface area (Å²) in [5, 5.41) is 13.0. The lowest BCUT2D eigenvalue weighted by Crippen LogP contribution is -2.47. The van der Waals surface area contributed by atoms with Crippen LogP contribution < -0.4 is 0 Å². The minimum atomic E-state index is -4.96. The van der Waals surface area contributed by atoms with E-state index in [0.717, 1.165) is 4.90 Å². The van der Waals surface area contributed by atoms with E-state index in [9.17, 15) is 22.8 Å². The van der Waals surface area contributed by atoms with Crippen molar-refractivity contribution < 1.29 is 32.4 Å². The highest BCUT2D eigenvalue weighted by Crippen LogP contribution is 2.46. The second-order valence-electron chi connectivity index (χ2n) is 6.19. The van der Waals surface area contributed by atoms with E-state index in [-0.39, 0.29) is 23.6 Å². The van der Waals surface area contributed by atoms with Gasteiger partial charge in [-0.1, -0.05) is 35.5 Å². The molecule has 0 saturated carbocycles. The lowest BCUT2D eigenvalue weighted by atomic mass is 9.86. The van der Waals surface area contributed by atoms with E-state index in [2.05, 4.69) is 5.16 Å². The van der Waals surface area contributed by atoms with Crippen LogP contribution in [0.1, 0.15) is 22.5 Å². The number of carboxylic acid groups (broad SMARTS) is 1. The van der Waals surface area contributed by atoms with Crippen molar-refractivity contribution in [1.82, 2.24) is 10.1 Å². The van der Waals surface area contributed by atoms with Gasteiger partial charge in [0.2, 0.25) is 0 Å². The van der Waals surface area contributed by atoms with Crippen molar-refractivity contribution in [3.8, 4) is 11.3 Å². The highest BCUT2D eigenvalue weighted by atomic mass is 19.4. The van der Waals surface area contributed by atoms with Gasteiger partial charge in [-0.05, 0) is 13.3 Å². The molecule has 1 aliphatic heterocycles. The van der Waals surface area contributed by atoms with E-state index in [4.69, 9.17) is 9.63 Å². The maximum Gasteiger partial charge on any atom is 0.406 e. The predicted octanol–water partition coefficient (Wildman–Crippen LogP) is 3.13. The molecule has 0 spiro atoms. The van der Waals surface area contributed by atoms with Crippen molar-refractivity contribution in [2.45, 2.75) is 19.5 Å². The van der Waals surface area contributed by atoms with Crippen molar-refractivity contribution >= 4 is 11.9 Å². The number of nitrogens with zero attached hydrogens (tertiary/aromatic N) is 2. The Bertz CT molecular complexity index is 847. The van der Waals surface area contributed by atoms with Crippen molar-refractivity contribution in [2.24, 2.45) is 5.41 Å². The monoisotopic (exact) mass is 368 g/mol. The molecule has 3 rings (SSSR count). The SMILES string of the molecule is Cc1onc(-c2ccccc2)c1C(=O)N1CCC(C(=O)O)(C(F)(F)F)C1. The maximum absolute atomic E-state index is 13.3. The quantitative estimate of drug-likeness (QED) is 0.900. The van der Waals surface area contributed by atoms with Gasteiger partial charge in [0.1, 0.15) is 17.0 Å². The highest BCUT2D eigenvalue weighted by Gasteiger charge is 2.64. The molecule has 6 nitrogen and oxygen atoms in total. The topological polar surface area (TPSA) is 83.6 Å². The second-order valence-corrected chi connectivity index (χ2v) is 6.19. The number of benzene rings is 1. The zero-order valence-corrected chi connectivity index (χ0v) is 13.7. The van der Waals surface area contributed by atoms with E-state index in [0.29, 0.717) is 5.56 Å². The molecule has 0 aliphatic carbocycles. The molecule has 1 amide bonds. The van der Waals surface area contributed by atoms with Crippen LogP contribution in [0.4, 0.5) is 13.2 Å². The van der Waals surface area contributed by atoms with E-state index >= 15 is 0 Å². The lowest BCUT2D eigenvalue weighted by Gasteiger charge is -2.27. The molecule has 1 unspecified atom stereocenters. The van der Waals surface area contributed by atoms with Gasteiger partial charge in [-0.3, -0.25) is 9.59 Å². The Morgan fingerprint density at radius 1 is 1.27 bits per heavy atom. The number of carbonyl (C=O) groups is 2. The lowest BCUT2D eigenvalue weighted by molar-refractivity contribution is -0.227. The molecule has 1 aromatic heterocycles. The first-order valence-electron chi connectivity index (χ1n) is 7.78. The Balaban J connectivity index is 1.95. The second kappa shape index (κ2) is 6.15. The van der Waals surface area contributed by atoms with Gasteiger partial charge in [0.15, 0.2) is 5.41 Å². The minimum Gasteiger partial charge on any atom is -0.481 e. The first-order valence-corrected chi connectivity index (χ1v) is 7.78. The summed E-state index contributed by atoms with van der Waals surface area (Å²) in [6.45, 7) is 0.226. The number of alkyl halides is 3. The molecule has 138 valence electrons. The van der Waals surface area contributed by atoms with Crippen LogP contribution in [-0.2, 0) is 4.79 Å². The number of aryl methyl sites for hydroxylation is 1. The van der Waals surface area contributed by atoms with Crippen LogP contribution in [0.15, 0.2) is 34.9 Å². The molecular weight excluding hydrogens is 353 g/mol. The summed E-state index contributed by atoms with van der Waals surface area (Å²) in [7, 11) is 0. The van der Waals surface area contributed by atoms with Gasteiger partial charge >= 0.3 is 12.1 Å². The molecule has 0 bridgehead atoms. The summed E-state index contributed by atoms with van der Waals surface area (Å²) in [6.07, 6.45) is -5.65. The first kappa shape index (κ1) is 18.0. The van der Waals surface area contributed by atoms with Gasteiger partial charge in [-0.2, -0.15) is 13.2 Å². The van der Waals surface area contributed by atoms with Crippen LogP contribution in [0.25, 0.3) is 11.3 Å². The number of aromatic nitrogens is 1. The zero-order valence-electron chi connectivity index (χ0n) is 13.7. The fraction of sp³-hybridized carbons (Fsp3) is 0.353. The van der Waals surface area contributed by atoms with Crippen molar-refractivity contribution in [1.29, 1.82) is 0 Å². The molecule has 2 heterocycles. The average molecular weight is 368 g/mol. The predicted molar refractivity (Wildman–Crippen MR) is 83.3 cm³/mol. The van der Waals surface area contributed by atoms with Crippen LogP contribution in [-0.4, -0.2) is 46.3 Å². The highest BCUT2D eigenvalue weighted by molar-refractivity contribution is 6.01. The number of carboxylic acids is 1. The number of hydrogen-bond donors (Lipinski definition) is 1. The van der Waals surface area contributed by atoms with E-state index in [1.165, 1.54) is 6.92 Å². The Hall–Kier alpha value is -2.84. The van der Waals surface area contributed by atoms with Crippen molar-refractivity contribution in [2.75, 3.05) is 13.1 Å². The number of halogens is 3. The van der Waals surface area contributed by atoms with Gasteiger partial charge in [0.25, 0.3) is 5.91 Å². The van der Waals surface area contributed by atoms with Crippen LogP contribution >= 0.6 is 0 Å². The van der Waals surface area contributed by atoms with Crippen LogP contribution in [0.3, 0.4) is 0 Å². The molecule has 1 atom stereocenters. The molecule has 1 N–H and O–H groups in total. The summed E-state index contributed by atoms with van der Waals surface area (Å²) >= 11 is 0. The van der Waals surface area contributed by atoms with Gasteiger partial charge in [0.05, 0.1) is 0 Å². The molecule has 9 heteroatoms. The number of carbonyl (C=O) groups excluding carboxylic acids is 1. The average Bonchev–Trinajstić information content (AvgIpc) is 3.19. The summed E-state index contributed by atoms with van der Waals surface area (Å²) in [5.74, 6) is -2.55. The summed E-state index contributed by atoms with van der Waals surface area (Å²) in [5.41, 5.74) is -2.12. The van der Waals surface area contributed by atoms with Crippen LogP contribution in [0, 0.1) is 12.3 Å². The Labute approximate surface area is 146 Å². The van der Waals surface area contributed by atoms with E-state index in [1.807, 2.05) is 0 Å². The summed E-state index contributed by atoms with van der Waals surface area (Å²) < 4.78 is 45.0. The van der Waals surface area contributed by atoms with E-state index < -0.39 is 36.4 Å². The van der Waals surface area contributed by atoms with Crippen LogP contribution in [0.2, 0.25) is 0 Å². The molecule has 1 aliphatic rings. The van der Waals surface area contributed by atoms with Gasteiger partial charge in [-0.15, -0.1) is 0 Å². The minimum absolute atomic E-state index is 0.0413. The zero-order chi connectivity index (χ0) is 19.1. The molecule has 26 heavy (non-hydrogen) atoms. The third-order valence-electron chi connectivity index (χ3n) is 4.63. The number of likely N-dealkylation sites (tertiary alicyclic amines) is 1. The molecule has 0 radical (unpaired) electrons. The largest absolute Gasteiger partial charge is 0.481 e. The molecule has 2 aromatic rings. The standard InChI is InChI=1S/C17H15F3N2O4/c1-10-12(13(21-26-10)11-5-3-2-4-6-11)14(23)22-8-7-16(9-22,15(24)25)17(18,19)20/h2-6H,7-9H2,1H3,(H,24,25). The number of rotatable bonds is 3. The Kier molecular flexibility index (Phi) is 4.25. The molecular formula is C17H15F3N2O4. The fourth-order valence-corrected chi connectivity index (χ4v) is 3.09. The van der Waals surface area contributed by atoms with Crippen LogP contribution in [0.5, 0.6) is 0 Å². The Morgan fingerprint density at radius 3 is 2.46 bits per heavy atom. The summed E-state index contributed by atoms with van der Waals surface area (Å²) in [6, 6.07) is 8.60. The number of amides is 1. The molecule has 1 saturated heterocycles. The Morgan fingerprint density at radius 2 is 1.92 bits per heavy atom. The van der Waals surface area contributed by atoms with E-state index in [1.54, 1.807) is 30.3 Å². The van der Waals surface area contributed by atoms with Crippen molar-refractivity contribution in [3.05, 3.63) is 41.7 Å². The van der Waals surface area contributed by atoms with Gasteiger partial charge < -0.3 is 14.5 Å². The normalized spacial score (nSPS) is 20.4. The van der Waals surface area contributed by atoms with Gasteiger partial charge in [0, 0.05) is 18.7 Å². The third kappa shape index (κ3) is 2.73. The number of aliphatic carboxylic acids is 1. The molecule has 1 aromatic carbocycles. The smallest absolute Gasteiger partial charge is 0.406 e. The number of hydrogen-bond acceptors (Lipinski definition) is 4.